The molecule has 7 heterocycles. The van der Waals surface area contributed by atoms with Crippen molar-refractivity contribution >= 4 is 52.9 Å². The Morgan fingerprint density at radius 1 is 0.585 bits per heavy atom. The number of carbonyl (C=O) groups is 6. The second-order valence-corrected chi connectivity index (χ2v) is 26.5. The van der Waals surface area contributed by atoms with Gasteiger partial charge >= 0.3 is 0 Å². The Morgan fingerprint density at radius 2 is 1.19 bits per heavy atom. The van der Waals surface area contributed by atoms with Gasteiger partial charge < -0.3 is 148 Å². The molecule has 106 heavy (non-hydrogen) atoms. The number of fused-ring (bicyclic) bond motifs is 1. The van der Waals surface area contributed by atoms with Crippen molar-refractivity contribution in [3.8, 4) is 5.75 Å². The van der Waals surface area contributed by atoms with Gasteiger partial charge in [-0.25, -0.2) is 0 Å². The summed E-state index contributed by atoms with van der Waals surface area (Å²) in [5, 5.41) is 151. The Hall–Kier alpha value is -8.94. The molecule has 0 aliphatic carbocycles. The highest BCUT2D eigenvalue weighted by atomic mass is 16.8. The molecule has 4 aromatic rings. The van der Waals surface area contributed by atoms with Crippen LogP contribution in [-0.4, -0.2) is 312 Å². The van der Waals surface area contributed by atoms with Gasteiger partial charge in [-0.1, -0.05) is 110 Å². The molecule has 5 fully saturated rings. The van der Waals surface area contributed by atoms with Crippen LogP contribution in [-0.2, 0) is 63.6 Å². The first-order valence-corrected chi connectivity index (χ1v) is 34.3. The van der Waals surface area contributed by atoms with Crippen LogP contribution < -0.4 is 53.4 Å². The van der Waals surface area contributed by atoms with E-state index in [1.54, 1.807) is 43.3 Å². The fourth-order valence-electron chi connectivity index (χ4n) is 13.5. The van der Waals surface area contributed by atoms with Crippen molar-refractivity contribution in [3.05, 3.63) is 144 Å². The van der Waals surface area contributed by atoms with Gasteiger partial charge in [-0.2, -0.15) is 0 Å². The zero-order chi connectivity index (χ0) is 75.8. The maximum absolute atomic E-state index is 15.2. The first-order chi connectivity index (χ1) is 50.9. The number of ether oxygens (including phenoxy) is 7. The molecule has 574 valence electrons. The number of nitrogens with two attached hydrogens (primary N) is 2. The van der Waals surface area contributed by atoms with Crippen molar-refractivity contribution in [2.75, 3.05) is 46.1 Å². The summed E-state index contributed by atoms with van der Waals surface area (Å²) in [7, 11) is 0. The van der Waals surface area contributed by atoms with Gasteiger partial charge in [0.1, 0.15) is 121 Å². The molecule has 0 bridgehead atoms. The van der Waals surface area contributed by atoms with Crippen LogP contribution in [0.15, 0.2) is 131 Å². The number of aliphatic imine (C=N–C) groups is 2. The number of benzene rings is 4. The third-order valence-corrected chi connectivity index (χ3v) is 19.5. The number of carbonyl (C=O) groups excluding carboxylic acids is 6. The average molecular weight is 1490 g/mol. The summed E-state index contributed by atoms with van der Waals surface area (Å²) in [6.45, 7) is -3.25. The number of guanidine groups is 2. The minimum Gasteiger partial charge on any atom is -0.462 e. The van der Waals surface area contributed by atoms with Crippen LogP contribution in [0.4, 0.5) is 0 Å². The summed E-state index contributed by atoms with van der Waals surface area (Å²) in [6.07, 6.45) is -29.3. The average Bonchev–Trinajstić information content (AvgIpc) is 1.23. The number of hydrogen-bond acceptors (Lipinski definition) is 31. The van der Waals surface area contributed by atoms with Crippen LogP contribution in [0.2, 0.25) is 0 Å². The number of hydrogen-bond donors (Lipinski definition) is 21. The molecule has 26 atom stereocenters. The van der Waals surface area contributed by atoms with Gasteiger partial charge in [0.15, 0.2) is 30.7 Å². The highest BCUT2D eigenvalue weighted by Gasteiger charge is 2.55. The summed E-state index contributed by atoms with van der Waals surface area (Å²) < 4.78 is 41.9. The van der Waals surface area contributed by atoms with E-state index in [1.807, 2.05) is 60.7 Å². The molecule has 6 amide bonds. The third-order valence-electron chi connectivity index (χ3n) is 19.5. The molecular formula is C69H88N12O25. The lowest BCUT2D eigenvalue weighted by atomic mass is 9.92. The van der Waals surface area contributed by atoms with E-state index < -0.39 is 239 Å². The van der Waals surface area contributed by atoms with Crippen LogP contribution in [0.1, 0.15) is 35.1 Å². The van der Waals surface area contributed by atoms with Gasteiger partial charge in [0.2, 0.25) is 41.7 Å². The molecule has 0 saturated carbocycles. The van der Waals surface area contributed by atoms with Crippen molar-refractivity contribution in [2.24, 2.45) is 21.5 Å². The van der Waals surface area contributed by atoms with Gasteiger partial charge in [-0.15, -0.1) is 0 Å². The van der Waals surface area contributed by atoms with Crippen molar-refractivity contribution < 1.29 is 123 Å². The van der Waals surface area contributed by atoms with Crippen molar-refractivity contribution in [1.29, 1.82) is 0 Å². The Balaban J connectivity index is 0.829. The molecule has 4 aromatic carbocycles. The van der Waals surface area contributed by atoms with Gasteiger partial charge in [0.25, 0.3) is 0 Å². The molecule has 7 aliphatic rings. The van der Waals surface area contributed by atoms with Crippen molar-refractivity contribution in [3.63, 3.8) is 0 Å². The van der Waals surface area contributed by atoms with Crippen molar-refractivity contribution in [1.82, 2.24) is 42.1 Å². The molecule has 7 aliphatic heterocycles. The van der Waals surface area contributed by atoms with E-state index in [4.69, 9.17) is 44.6 Å². The number of rotatable bonds is 19. The lowest BCUT2D eigenvalue weighted by Crippen LogP contribution is -2.70. The second kappa shape index (κ2) is 34.7. The maximum atomic E-state index is 15.2. The number of amides is 6. The fraction of sp³-hybridized carbons (Fsp3) is 0.507. The van der Waals surface area contributed by atoms with Gasteiger partial charge in [0, 0.05) is 12.3 Å². The summed E-state index contributed by atoms with van der Waals surface area (Å²) in [5.41, 5.74) is 15.4. The zero-order valence-electron chi connectivity index (χ0n) is 56.9. The summed E-state index contributed by atoms with van der Waals surface area (Å²) in [6, 6.07) is 19.9. The molecular weight excluding hydrogens is 1400 g/mol. The highest BCUT2D eigenvalue weighted by molar-refractivity contribution is 5.98. The van der Waals surface area contributed by atoms with E-state index in [1.165, 1.54) is 24.3 Å². The van der Waals surface area contributed by atoms with Gasteiger partial charge in [-0.05, 0) is 46.0 Å². The predicted octanol–water partition coefficient (Wildman–Crippen LogP) is -9.09. The molecule has 0 spiro atoms. The number of nitrogens with one attached hydrogen (secondary N) is 7. The minimum absolute atomic E-state index is 0.0502. The van der Waals surface area contributed by atoms with Crippen molar-refractivity contribution in [2.45, 2.75) is 172 Å². The lowest BCUT2D eigenvalue weighted by molar-refractivity contribution is -0.377. The number of nitrogens with zero attached hydrogens (tertiary/aromatic N) is 3. The van der Waals surface area contributed by atoms with Crippen LogP contribution in [0.5, 0.6) is 5.75 Å². The van der Waals surface area contributed by atoms with E-state index in [-0.39, 0.29) is 30.4 Å². The highest BCUT2D eigenvalue weighted by Crippen LogP contribution is 2.36. The molecule has 11 rings (SSSR count). The van der Waals surface area contributed by atoms with Crippen LogP contribution >= 0.6 is 0 Å². The second-order valence-electron chi connectivity index (χ2n) is 26.5. The molecule has 0 radical (unpaired) electrons. The first kappa shape index (κ1) is 78.1. The molecule has 37 nitrogen and oxygen atoms in total. The lowest BCUT2D eigenvalue weighted by Gasteiger charge is -2.48. The molecule has 5 saturated heterocycles. The topological polar surface area (TPSA) is 574 Å². The fourth-order valence-corrected chi connectivity index (χ4v) is 13.5. The first-order valence-electron chi connectivity index (χ1n) is 34.3. The smallest absolute Gasteiger partial charge is 0.246 e. The Morgan fingerprint density at radius 3 is 1.82 bits per heavy atom. The maximum Gasteiger partial charge on any atom is 0.246 e. The molecule has 37 heteroatoms. The summed E-state index contributed by atoms with van der Waals surface area (Å²) >= 11 is 0. The van der Waals surface area contributed by atoms with Gasteiger partial charge in [-0.3, -0.25) is 38.8 Å². The summed E-state index contributed by atoms with van der Waals surface area (Å²) in [5.74, 6) is -8.93. The SMILES string of the molecule is CC(c1ccccc1)C1NC(=O)CNC(=O)C(CO)NC(=O)C(C(O)C2CN=C(N)N2C2OC(CO)C(O)C(O)C2O)NC(=O)C(C(O)C2CN=C(N)N2)NC(=O)C(Cc2ccc(OC3OC(CO)C(OC4OC5COC(C=C(c6ccccc6)c6ccccc6)OC5C(O)C4O)C(O)C3O)cc2)NC1=O. The standard InChI is InChI=1S/C69H88N12O25/c1-30(32-11-5-2-6-12-32)46-62(97)75-37(21-31-17-19-35(20-18-31)101-66-56(93)53(90)58(42(28-84)103-66)106-67-57(94)54(91)59-43(104-67)29-100-45(105-59)22-36(33-13-7-3-8-14-33)34-15-9-4-10-16-34)61(96)79-47(49(86)38-23-73-68(70)77-38)64(99)80-48(63(98)76-39(26-82)60(95)72-25-44(85)78-46)50(87)40-24-74-69(71)81(40)65-55(92)52(89)51(88)41(27-83)102-65/h2-20,22,30,37-43,45-59,65-67,82-84,86-94H,21,23-29H2,1H3,(H2,71,74)(H,72,95)(H,75,97)(H,76,98)(H,78,85)(H,79,96)(H,80,99)(H3,70,73,77). The Kier molecular flexibility index (Phi) is 25.6. The van der Waals surface area contributed by atoms with E-state index in [0.29, 0.717) is 5.56 Å². The molecule has 0 aromatic heterocycles. The van der Waals surface area contributed by atoms with Crippen LogP contribution in [0, 0.1) is 0 Å². The summed E-state index contributed by atoms with van der Waals surface area (Å²) in [4.78, 5) is 96.8. The number of aliphatic hydroxyl groups is 12. The Bertz CT molecular complexity index is 3740. The number of aliphatic hydroxyl groups excluding tert-OH is 12. The normalized spacial score (nSPS) is 35.1. The van der Waals surface area contributed by atoms with Gasteiger partial charge in [0.05, 0.1) is 58.1 Å². The van der Waals surface area contributed by atoms with Crippen LogP contribution in [0.25, 0.3) is 5.57 Å². The Labute approximate surface area is 605 Å². The van der Waals surface area contributed by atoms with E-state index in [9.17, 15) is 80.5 Å². The monoisotopic (exact) mass is 1480 g/mol. The van der Waals surface area contributed by atoms with E-state index in [2.05, 4.69) is 47.2 Å². The zero-order valence-corrected chi connectivity index (χ0v) is 56.9. The largest absolute Gasteiger partial charge is 0.462 e. The van der Waals surface area contributed by atoms with Crippen LogP contribution in [0.3, 0.4) is 0 Å². The predicted molar refractivity (Wildman–Crippen MR) is 365 cm³/mol. The van der Waals surface area contributed by atoms with E-state index in [0.717, 1.165) is 21.6 Å². The minimum atomic E-state index is -2.35. The quantitative estimate of drug-likeness (QED) is 0.0414. The third kappa shape index (κ3) is 17.5. The molecule has 23 N–H and O–H groups in total. The van der Waals surface area contributed by atoms with E-state index >= 15 is 9.59 Å². The molecule has 26 unspecified atom stereocenters.